The predicted octanol–water partition coefficient (Wildman–Crippen LogP) is 24.6. The molecule has 0 aliphatic rings. The number of Topliss-reactive ketones (excluding diaryl/α,β-unsaturated/α-hetero) is 6. The minimum absolute atomic E-state index is 0.0500. The van der Waals surface area contributed by atoms with Gasteiger partial charge in [-0.25, -0.2) is 0 Å². The first-order chi connectivity index (χ1) is 41.8. The van der Waals surface area contributed by atoms with Crippen LogP contribution in [0, 0.1) is 5.92 Å². The van der Waals surface area contributed by atoms with E-state index in [1.165, 1.54) is 218 Å². The van der Waals surface area contributed by atoms with E-state index in [1.54, 1.807) is 26.0 Å². The molecule has 86 heavy (non-hydrogen) atoms. The fourth-order valence-electron chi connectivity index (χ4n) is 11.3. The average molecular weight is 1230 g/mol. The van der Waals surface area contributed by atoms with Gasteiger partial charge in [-0.15, -0.1) is 23.2 Å². The molecule has 0 amide bonds. The third kappa shape index (κ3) is 51.2. The van der Waals surface area contributed by atoms with Crippen LogP contribution in [0.2, 0.25) is 0 Å². The molecule has 8 heteroatoms. The quantitative estimate of drug-likeness (QED) is 0.0241. The summed E-state index contributed by atoms with van der Waals surface area (Å²) in [5, 5.41) is -0.319. The number of unbranched alkanes of at least 4 members (excludes halogenated alkanes) is 36. The number of carbonyl (C=O) groups is 6. The van der Waals surface area contributed by atoms with Crippen LogP contribution in [-0.4, -0.2) is 45.5 Å². The minimum atomic E-state index is -0.228. The molecular formula is C78H124Cl2O6. The van der Waals surface area contributed by atoms with E-state index >= 15 is 0 Å². The SMILES string of the molecule is CC(=O)CC(C)CCCCCCCCCCCCCCCC(=O)c1ccccc1.CC(=O)CC(Cl)C(Cl)CCCCCCCCCCCCCCC(=O)c1ccccc1.CCCCCCCCCCCCCCCCC(=O)CC(=O)c1ccccc1. The fourth-order valence-corrected chi connectivity index (χ4v) is 11.9. The summed E-state index contributed by atoms with van der Waals surface area (Å²) in [5.41, 5.74) is 2.35. The molecule has 3 aromatic carbocycles. The summed E-state index contributed by atoms with van der Waals surface area (Å²) >= 11 is 12.4. The summed E-state index contributed by atoms with van der Waals surface area (Å²) in [7, 11) is 0. The number of hydrogen-bond donors (Lipinski definition) is 0. The van der Waals surface area contributed by atoms with E-state index in [1.807, 2.05) is 78.9 Å². The first kappa shape index (κ1) is 80.3. The highest BCUT2D eigenvalue weighted by Gasteiger charge is 2.18. The normalized spacial score (nSPS) is 12.1. The Kier molecular flexibility index (Phi) is 55.0. The van der Waals surface area contributed by atoms with E-state index in [9.17, 15) is 28.8 Å². The Balaban J connectivity index is 0.000000646. The van der Waals surface area contributed by atoms with Gasteiger partial charge in [0, 0.05) is 48.8 Å². The molecule has 3 atom stereocenters. The van der Waals surface area contributed by atoms with Crippen LogP contribution < -0.4 is 0 Å². The molecule has 486 valence electrons. The Bertz CT molecular complexity index is 2070. The lowest BCUT2D eigenvalue weighted by atomic mass is 9.97. The molecule has 0 fully saturated rings. The lowest BCUT2D eigenvalue weighted by Gasteiger charge is -2.14. The van der Waals surface area contributed by atoms with Gasteiger partial charge >= 0.3 is 0 Å². The van der Waals surface area contributed by atoms with Crippen molar-refractivity contribution in [1.29, 1.82) is 0 Å². The van der Waals surface area contributed by atoms with Gasteiger partial charge in [0.15, 0.2) is 17.3 Å². The van der Waals surface area contributed by atoms with Crippen LogP contribution in [0.25, 0.3) is 0 Å². The summed E-state index contributed by atoms with van der Waals surface area (Å²) in [4.78, 5) is 70.1. The summed E-state index contributed by atoms with van der Waals surface area (Å²) in [5.74, 6) is 1.60. The average Bonchev–Trinajstić information content (AvgIpc) is 3.70. The van der Waals surface area contributed by atoms with Gasteiger partial charge < -0.3 is 4.79 Å². The molecule has 0 aromatic heterocycles. The van der Waals surface area contributed by atoms with Crippen LogP contribution in [0.1, 0.15) is 361 Å². The number of carbonyl (C=O) groups excluding carboxylic acids is 6. The second-order valence-electron chi connectivity index (χ2n) is 25.3. The smallest absolute Gasteiger partial charge is 0.170 e. The Morgan fingerprint density at radius 3 is 0.895 bits per heavy atom. The van der Waals surface area contributed by atoms with Crippen molar-refractivity contribution < 1.29 is 28.8 Å². The Morgan fingerprint density at radius 1 is 0.314 bits per heavy atom. The van der Waals surface area contributed by atoms with Crippen molar-refractivity contribution in [3.05, 3.63) is 108 Å². The molecule has 3 aromatic rings. The van der Waals surface area contributed by atoms with Crippen LogP contribution in [0.5, 0.6) is 0 Å². The van der Waals surface area contributed by atoms with Gasteiger partial charge in [0.05, 0.1) is 17.2 Å². The Hall–Kier alpha value is -3.74. The van der Waals surface area contributed by atoms with Gasteiger partial charge in [-0.05, 0) is 45.4 Å². The molecule has 3 rings (SSSR count). The molecule has 0 aliphatic carbocycles. The zero-order chi connectivity index (χ0) is 62.8. The van der Waals surface area contributed by atoms with Gasteiger partial charge in [-0.3, -0.25) is 24.0 Å². The lowest BCUT2D eigenvalue weighted by molar-refractivity contribution is -0.119. The van der Waals surface area contributed by atoms with E-state index in [4.69, 9.17) is 23.2 Å². The van der Waals surface area contributed by atoms with E-state index < -0.39 is 0 Å². The van der Waals surface area contributed by atoms with Crippen molar-refractivity contribution in [3.8, 4) is 0 Å². The van der Waals surface area contributed by atoms with Gasteiger partial charge in [0.1, 0.15) is 17.3 Å². The first-order valence-electron chi connectivity index (χ1n) is 35.4. The largest absolute Gasteiger partial charge is 0.300 e. The molecule has 0 radical (unpaired) electrons. The Labute approximate surface area is 537 Å². The van der Waals surface area contributed by atoms with Crippen molar-refractivity contribution in [2.24, 2.45) is 5.92 Å². The summed E-state index contributed by atoms with van der Waals surface area (Å²) < 4.78 is 0. The summed E-state index contributed by atoms with van der Waals surface area (Å²) in [6.45, 7) is 7.73. The molecule has 6 nitrogen and oxygen atoms in total. The van der Waals surface area contributed by atoms with E-state index in [0.29, 0.717) is 42.9 Å². The van der Waals surface area contributed by atoms with Crippen molar-refractivity contribution in [2.45, 2.75) is 340 Å². The molecule has 0 N–H and O–H groups in total. The Morgan fingerprint density at radius 2 is 0.581 bits per heavy atom. The second kappa shape index (κ2) is 58.9. The highest BCUT2D eigenvalue weighted by atomic mass is 35.5. The van der Waals surface area contributed by atoms with Crippen LogP contribution in [0.4, 0.5) is 0 Å². The van der Waals surface area contributed by atoms with E-state index in [2.05, 4.69) is 13.8 Å². The number of benzene rings is 3. The number of rotatable bonds is 56. The molecule has 0 aliphatic heterocycles. The van der Waals surface area contributed by atoms with Crippen LogP contribution in [0.15, 0.2) is 91.0 Å². The van der Waals surface area contributed by atoms with Crippen molar-refractivity contribution >= 4 is 57.9 Å². The highest BCUT2D eigenvalue weighted by Crippen LogP contribution is 2.23. The zero-order valence-electron chi connectivity index (χ0n) is 55.3. The maximum Gasteiger partial charge on any atom is 0.170 e. The van der Waals surface area contributed by atoms with E-state index in [-0.39, 0.29) is 46.1 Å². The van der Waals surface area contributed by atoms with Crippen molar-refractivity contribution in [3.63, 3.8) is 0 Å². The fraction of sp³-hybridized carbons (Fsp3) is 0.692. The van der Waals surface area contributed by atoms with Crippen molar-refractivity contribution in [1.82, 2.24) is 0 Å². The van der Waals surface area contributed by atoms with Crippen LogP contribution in [-0.2, 0) is 14.4 Å². The maximum atomic E-state index is 12.0. The molecule has 3 unspecified atom stereocenters. The molecule has 0 heterocycles. The van der Waals surface area contributed by atoms with Gasteiger partial charge in [-0.2, -0.15) is 0 Å². The van der Waals surface area contributed by atoms with E-state index in [0.717, 1.165) is 62.5 Å². The molecule has 0 saturated heterocycles. The number of ketones is 6. The number of alkyl halides is 2. The van der Waals surface area contributed by atoms with Gasteiger partial charge in [0.2, 0.25) is 0 Å². The molecule has 0 spiro atoms. The predicted molar refractivity (Wildman–Crippen MR) is 370 cm³/mol. The number of hydrogen-bond acceptors (Lipinski definition) is 6. The van der Waals surface area contributed by atoms with Gasteiger partial charge in [0.25, 0.3) is 0 Å². The summed E-state index contributed by atoms with van der Waals surface area (Å²) in [6, 6.07) is 28.4. The molecular weight excluding hydrogens is 1100 g/mol. The first-order valence-corrected chi connectivity index (χ1v) is 36.2. The topological polar surface area (TPSA) is 102 Å². The minimum Gasteiger partial charge on any atom is -0.300 e. The zero-order valence-corrected chi connectivity index (χ0v) is 56.8. The number of halogens is 2. The standard InChI is InChI=1S/C27H44O2.C26H40Cl2O2.C25H40O2/c1-24(23-25(2)28)19-15-12-10-8-6-4-3-5-7-9-11-13-18-22-27(29)26-20-16-14-17-21-26;1-22(29)21-25(28)24(27)19-15-10-8-6-4-2-3-5-7-9-11-16-20-26(30)23-17-13-12-14-18-23;1-2-3-4-5-6-7-8-9-10-11-12-13-14-18-21-24(26)22-25(27)23-19-16-15-17-20-23/h14,16-17,20-21,24H,3-13,15,18-19,22-23H2,1-2H3;12-14,17-18,24-25H,2-11,15-16,19-21H2,1H3;15-17,19-20H,2-14,18,21-22H2,1H3. The van der Waals surface area contributed by atoms with Crippen molar-refractivity contribution in [2.75, 3.05) is 0 Å². The highest BCUT2D eigenvalue weighted by molar-refractivity contribution is 6.30. The second-order valence-corrected chi connectivity index (χ2v) is 26.4. The van der Waals surface area contributed by atoms with Crippen LogP contribution >= 0.6 is 23.2 Å². The third-order valence-corrected chi connectivity index (χ3v) is 17.8. The third-order valence-electron chi connectivity index (χ3n) is 16.7. The van der Waals surface area contributed by atoms with Gasteiger partial charge in [-0.1, -0.05) is 342 Å². The molecule has 0 saturated carbocycles. The maximum absolute atomic E-state index is 12.0. The molecule has 0 bridgehead atoms. The van der Waals surface area contributed by atoms with Crippen LogP contribution in [0.3, 0.4) is 0 Å². The monoisotopic (exact) mass is 1230 g/mol. The summed E-state index contributed by atoms with van der Waals surface area (Å²) in [6.07, 6.45) is 55.5. The lowest BCUT2D eigenvalue weighted by Crippen LogP contribution is -2.17.